The van der Waals surface area contributed by atoms with Crippen LogP contribution in [0.5, 0.6) is 0 Å². The first-order valence-electron chi connectivity index (χ1n) is 4.59. The summed E-state index contributed by atoms with van der Waals surface area (Å²) in [6, 6.07) is 3.58. The molecule has 0 N–H and O–H groups in total. The van der Waals surface area contributed by atoms with Crippen LogP contribution in [0.2, 0.25) is 0 Å². The molecule has 0 saturated heterocycles. The number of imide groups is 1. The van der Waals surface area contributed by atoms with E-state index in [2.05, 4.69) is 4.98 Å². The van der Waals surface area contributed by atoms with Crippen LogP contribution in [0.15, 0.2) is 30.0 Å². The number of carbonyl (C=O) groups excluding carboxylic acids is 2. The summed E-state index contributed by atoms with van der Waals surface area (Å²) in [4.78, 5) is 28.4. The summed E-state index contributed by atoms with van der Waals surface area (Å²) < 4.78 is 0. The lowest BCUT2D eigenvalue weighted by Crippen LogP contribution is -2.31. The second-order valence-electron chi connectivity index (χ2n) is 3.45. The van der Waals surface area contributed by atoms with Crippen LogP contribution in [0, 0.1) is 6.92 Å². The van der Waals surface area contributed by atoms with Crippen LogP contribution in [0.1, 0.15) is 12.5 Å². The topological polar surface area (TPSA) is 50.3 Å². The van der Waals surface area contributed by atoms with Crippen LogP contribution in [0.3, 0.4) is 0 Å². The Hall–Kier alpha value is -1.97. The van der Waals surface area contributed by atoms with Crippen LogP contribution in [-0.4, -0.2) is 16.8 Å². The fourth-order valence-electron chi connectivity index (χ4n) is 1.50. The van der Waals surface area contributed by atoms with Crippen LogP contribution in [0.25, 0.3) is 0 Å². The molecule has 1 aliphatic heterocycles. The Morgan fingerprint density at radius 3 is 2.53 bits per heavy atom. The Bertz CT molecular complexity index is 477. The van der Waals surface area contributed by atoms with Gasteiger partial charge in [0, 0.05) is 17.8 Å². The van der Waals surface area contributed by atoms with Crippen LogP contribution >= 0.6 is 0 Å². The zero-order valence-corrected chi connectivity index (χ0v) is 8.52. The molecule has 1 aromatic heterocycles. The minimum absolute atomic E-state index is 0.290. The summed E-state index contributed by atoms with van der Waals surface area (Å²) in [5.74, 6) is -0.193. The third kappa shape index (κ3) is 1.44. The third-order valence-electron chi connectivity index (χ3n) is 2.29. The molecule has 2 rings (SSSR count). The number of rotatable bonds is 1. The van der Waals surface area contributed by atoms with Crippen LogP contribution in [-0.2, 0) is 9.59 Å². The number of aryl methyl sites for hydroxylation is 1. The predicted molar refractivity (Wildman–Crippen MR) is 55.2 cm³/mol. The summed E-state index contributed by atoms with van der Waals surface area (Å²) in [5.41, 5.74) is 1.26. The molecular formula is C11H10N2O2. The molecule has 2 heterocycles. The number of hydrogen-bond acceptors (Lipinski definition) is 3. The number of pyridine rings is 1. The summed E-state index contributed by atoms with van der Waals surface area (Å²) in [5, 5.41) is 0. The van der Waals surface area contributed by atoms with Gasteiger partial charge in [-0.3, -0.25) is 9.59 Å². The van der Waals surface area contributed by atoms with Gasteiger partial charge in [-0.25, -0.2) is 9.88 Å². The van der Waals surface area contributed by atoms with Gasteiger partial charge in [-0.1, -0.05) is 6.07 Å². The molecular weight excluding hydrogens is 192 g/mol. The average molecular weight is 202 g/mol. The van der Waals surface area contributed by atoms with Gasteiger partial charge in [-0.05, 0) is 25.5 Å². The van der Waals surface area contributed by atoms with Crippen molar-refractivity contribution in [1.82, 2.24) is 4.98 Å². The van der Waals surface area contributed by atoms with Crippen molar-refractivity contribution in [3.8, 4) is 0 Å². The van der Waals surface area contributed by atoms with E-state index in [1.165, 1.54) is 6.08 Å². The van der Waals surface area contributed by atoms with E-state index in [4.69, 9.17) is 0 Å². The van der Waals surface area contributed by atoms with E-state index in [1.807, 2.05) is 13.0 Å². The number of amides is 2. The van der Waals surface area contributed by atoms with E-state index >= 15 is 0 Å². The van der Waals surface area contributed by atoms with Crippen molar-refractivity contribution in [3.63, 3.8) is 0 Å². The molecule has 76 valence electrons. The summed E-state index contributed by atoms with van der Waals surface area (Å²) >= 11 is 0. The summed E-state index contributed by atoms with van der Waals surface area (Å²) in [7, 11) is 0. The number of carbonyl (C=O) groups is 2. The maximum absolute atomic E-state index is 11.7. The van der Waals surface area contributed by atoms with Crippen molar-refractivity contribution >= 4 is 17.6 Å². The van der Waals surface area contributed by atoms with Crippen molar-refractivity contribution in [1.29, 1.82) is 0 Å². The fraction of sp³-hybridized carbons (Fsp3) is 0.182. The fourth-order valence-corrected chi connectivity index (χ4v) is 1.50. The minimum atomic E-state index is -0.320. The SMILES string of the molecule is CC1=CC(=O)N(c2ncccc2C)C1=O. The van der Waals surface area contributed by atoms with Gasteiger partial charge in [0.15, 0.2) is 0 Å². The molecule has 0 atom stereocenters. The average Bonchev–Trinajstić information content (AvgIpc) is 2.43. The van der Waals surface area contributed by atoms with E-state index < -0.39 is 0 Å². The van der Waals surface area contributed by atoms with E-state index in [0.29, 0.717) is 11.4 Å². The highest BCUT2D eigenvalue weighted by Crippen LogP contribution is 2.22. The highest BCUT2D eigenvalue weighted by Gasteiger charge is 2.31. The maximum Gasteiger partial charge on any atom is 0.262 e. The monoisotopic (exact) mass is 202 g/mol. The standard InChI is InChI=1S/C11H10N2O2/c1-7-4-3-5-12-10(7)13-9(14)6-8(2)11(13)15/h3-6H,1-2H3. The van der Waals surface area contributed by atoms with E-state index in [1.54, 1.807) is 19.2 Å². The second-order valence-corrected chi connectivity index (χ2v) is 3.45. The van der Waals surface area contributed by atoms with Gasteiger partial charge in [-0.2, -0.15) is 0 Å². The van der Waals surface area contributed by atoms with Crippen molar-refractivity contribution in [3.05, 3.63) is 35.5 Å². The Labute approximate surface area is 87.2 Å². The van der Waals surface area contributed by atoms with E-state index in [9.17, 15) is 9.59 Å². The van der Waals surface area contributed by atoms with Crippen LogP contribution < -0.4 is 4.90 Å². The molecule has 2 amide bonds. The summed E-state index contributed by atoms with van der Waals surface area (Å²) in [6.07, 6.45) is 2.90. The lowest BCUT2D eigenvalue weighted by molar-refractivity contribution is -0.120. The second kappa shape index (κ2) is 3.31. The van der Waals surface area contributed by atoms with Crippen molar-refractivity contribution in [2.24, 2.45) is 0 Å². The zero-order chi connectivity index (χ0) is 11.0. The normalized spacial score (nSPS) is 15.9. The molecule has 4 heteroatoms. The quantitative estimate of drug-likeness (QED) is 0.643. The molecule has 15 heavy (non-hydrogen) atoms. The zero-order valence-electron chi connectivity index (χ0n) is 8.52. The van der Waals surface area contributed by atoms with Gasteiger partial charge in [-0.15, -0.1) is 0 Å². The lowest BCUT2D eigenvalue weighted by atomic mass is 10.2. The molecule has 0 aliphatic carbocycles. The lowest BCUT2D eigenvalue weighted by Gasteiger charge is -2.14. The third-order valence-corrected chi connectivity index (χ3v) is 2.29. The van der Waals surface area contributed by atoms with Gasteiger partial charge in [0.2, 0.25) is 0 Å². The van der Waals surface area contributed by atoms with Crippen molar-refractivity contribution in [2.45, 2.75) is 13.8 Å². The molecule has 4 nitrogen and oxygen atoms in total. The highest BCUT2D eigenvalue weighted by atomic mass is 16.2. The number of nitrogens with zero attached hydrogens (tertiary/aromatic N) is 2. The number of anilines is 1. The molecule has 1 aliphatic rings. The van der Waals surface area contributed by atoms with Gasteiger partial charge in [0.25, 0.3) is 11.8 Å². The number of aromatic nitrogens is 1. The predicted octanol–water partition coefficient (Wildman–Crippen LogP) is 1.21. The molecule has 0 fully saturated rings. The molecule has 0 spiro atoms. The Morgan fingerprint density at radius 1 is 1.27 bits per heavy atom. The van der Waals surface area contributed by atoms with Crippen LogP contribution in [0.4, 0.5) is 5.82 Å². The smallest absolute Gasteiger partial charge is 0.262 e. The largest absolute Gasteiger partial charge is 0.269 e. The Morgan fingerprint density at radius 2 is 2.00 bits per heavy atom. The molecule has 0 bridgehead atoms. The van der Waals surface area contributed by atoms with Crippen molar-refractivity contribution in [2.75, 3.05) is 4.90 Å². The Kier molecular flexibility index (Phi) is 2.11. The summed E-state index contributed by atoms with van der Waals surface area (Å²) in [6.45, 7) is 3.44. The van der Waals surface area contributed by atoms with Gasteiger partial charge in [0.05, 0.1) is 0 Å². The molecule has 0 unspecified atom stereocenters. The van der Waals surface area contributed by atoms with Crippen molar-refractivity contribution < 1.29 is 9.59 Å². The molecule has 0 saturated carbocycles. The highest BCUT2D eigenvalue weighted by molar-refractivity contribution is 6.30. The first-order chi connectivity index (χ1) is 7.11. The minimum Gasteiger partial charge on any atom is -0.269 e. The van der Waals surface area contributed by atoms with Gasteiger partial charge < -0.3 is 0 Å². The maximum atomic E-state index is 11.7. The van der Waals surface area contributed by atoms with Gasteiger partial charge in [0.1, 0.15) is 5.82 Å². The first-order valence-corrected chi connectivity index (χ1v) is 4.59. The van der Waals surface area contributed by atoms with Gasteiger partial charge >= 0.3 is 0 Å². The molecule has 1 aromatic rings. The van der Waals surface area contributed by atoms with E-state index in [0.717, 1.165) is 10.5 Å². The molecule has 0 radical (unpaired) electrons. The number of hydrogen-bond donors (Lipinski definition) is 0. The molecule has 0 aromatic carbocycles. The first kappa shape index (κ1) is 9.58. The Balaban J connectivity index is 2.47. The van der Waals surface area contributed by atoms with E-state index in [-0.39, 0.29) is 11.8 Å².